The molecule has 1 aromatic carbocycles. The van der Waals surface area contributed by atoms with Gasteiger partial charge in [-0.3, -0.25) is 4.79 Å². The molecule has 1 rings (SSSR count). The molecule has 0 aromatic heterocycles. The minimum absolute atomic E-state index is 0.0620. The van der Waals surface area contributed by atoms with E-state index >= 15 is 0 Å². The molecule has 0 saturated carbocycles. The van der Waals surface area contributed by atoms with Crippen LogP contribution in [0.3, 0.4) is 0 Å². The molecular formula is C11H15NO. The van der Waals surface area contributed by atoms with Gasteiger partial charge in [0.2, 0.25) is 5.91 Å². The van der Waals surface area contributed by atoms with Crippen molar-refractivity contribution in [1.29, 1.82) is 0 Å². The quantitative estimate of drug-likeness (QED) is 0.644. The number of aryl methyl sites for hydroxylation is 2. The number of amides is 1. The highest BCUT2D eigenvalue weighted by Gasteiger charge is 2.07. The summed E-state index contributed by atoms with van der Waals surface area (Å²) >= 11 is 0. The van der Waals surface area contributed by atoms with Gasteiger partial charge in [-0.1, -0.05) is 17.7 Å². The van der Waals surface area contributed by atoms with Crippen LogP contribution >= 0.6 is 0 Å². The molecule has 0 spiro atoms. The van der Waals surface area contributed by atoms with Gasteiger partial charge in [-0.25, -0.2) is 0 Å². The standard InChI is InChI=1S/C11H15NO/c1-8-5-6-11(9(2)7-8)12(4)10(3)13/h5-7H,1-4H3. The Morgan fingerprint density at radius 1 is 1.31 bits per heavy atom. The van der Waals surface area contributed by atoms with Crippen LogP contribution in [0.5, 0.6) is 0 Å². The lowest BCUT2D eigenvalue weighted by Crippen LogP contribution is -2.23. The zero-order valence-electron chi connectivity index (χ0n) is 8.59. The fourth-order valence-electron chi connectivity index (χ4n) is 1.35. The van der Waals surface area contributed by atoms with Crippen molar-refractivity contribution in [2.24, 2.45) is 0 Å². The third-order valence-corrected chi connectivity index (χ3v) is 2.19. The van der Waals surface area contributed by atoms with E-state index in [2.05, 4.69) is 6.07 Å². The molecule has 0 atom stereocenters. The molecule has 0 saturated heterocycles. The van der Waals surface area contributed by atoms with E-state index in [9.17, 15) is 4.79 Å². The van der Waals surface area contributed by atoms with Gasteiger partial charge in [0, 0.05) is 19.7 Å². The molecular weight excluding hydrogens is 162 g/mol. The lowest BCUT2D eigenvalue weighted by molar-refractivity contribution is -0.116. The molecule has 1 amide bonds. The molecule has 2 nitrogen and oxygen atoms in total. The van der Waals surface area contributed by atoms with Crippen molar-refractivity contribution in [3.8, 4) is 0 Å². The summed E-state index contributed by atoms with van der Waals surface area (Å²) in [6, 6.07) is 6.07. The Kier molecular flexibility index (Phi) is 2.71. The van der Waals surface area contributed by atoms with Crippen LogP contribution in [0.15, 0.2) is 18.2 Å². The normalized spacial score (nSPS) is 9.85. The van der Waals surface area contributed by atoms with Gasteiger partial charge in [0.25, 0.3) is 0 Å². The van der Waals surface area contributed by atoms with Crippen molar-refractivity contribution < 1.29 is 4.79 Å². The third kappa shape index (κ3) is 2.08. The van der Waals surface area contributed by atoms with Crippen LogP contribution < -0.4 is 4.90 Å². The average Bonchev–Trinajstić information content (AvgIpc) is 2.03. The van der Waals surface area contributed by atoms with Crippen molar-refractivity contribution in [2.75, 3.05) is 11.9 Å². The van der Waals surface area contributed by atoms with Crippen molar-refractivity contribution >= 4 is 11.6 Å². The zero-order valence-corrected chi connectivity index (χ0v) is 8.59. The van der Waals surface area contributed by atoms with Crippen LogP contribution in [0.1, 0.15) is 18.1 Å². The van der Waals surface area contributed by atoms with Crippen molar-refractivity contribution in [2.45, 2.75) is 20.8 Å². The average molecular weight is 177 g/mol. The first-order valence-electron chi connectivity index (χ1n) is 4.34. The van der Waals surface area contributed by atoms with E-state index in [4.69, 9.17) is 0 Å². The number of hydrogen-bond acceptors (Lipinski definition) is 1. The predicted octanol–water partition coefficient (Wildman–Crippen LogP) is 2.29. The van der Waals surface area contributed by atoms with E-state index in [-0.39, 0.29) is 5.91 Å². The maximum absolute atomic E-state index is 11.1. The van der Waals surface area contributed by atoms with Crippen LogP contribution in [-0.4, -0.2) is 13.0 Å². The van der Waals surface area contributed by atoms with E-state index in [1.807, 2.05) is 26.0 Å². The summed E-state index contributed by atoms with van der Waals surface area (Å²) in [5.41, 5.74) is 3.34. The highest BCUT2D eigenvalue weighted by atomic mass is 16.2. The van der Waals surface area contributed by atoms with Gasteiger partial charge in [-0.05, 0) is 25.5 Å². The molecule has 0 radical (unpaired) electrons. The Labute approximate surface area is 79.2 Å². The highest BCUT2D eigenvalue weighted by molar-refractivity contribution is 5.91. The SMILES string of the molecule is CC(=O)N(C)c1ccc(C)cc1C. The Hall–Kier alpha value is -1.31. The van der Waals surface area contributed by atoms with Crippen molar-refractivity contribution in [3.05, 3.63) is 29.3 Å². The summed E-state index contributed by atoms with van der Waals surface area (Å²) in [6.07, 6.45) is 0. The molecule has 0 aliphatic rings. The summed E-state index contributed by atoms with van der Waals surface area (Å²) in [5, 5.41) is 0. The lowest BCUT2D eigenvalue weighted by Gasteiger charge is -2.17. The number of carbonyl (C=O) groups excluding carboxylic acids is 1. The number of benzene rings is 1. The Bertz CT molecular complexity index is 331. The number of rotatable bonds is 1. The maximum atomic E-state index is 11.1. The Balaban J connectivity index is 3.08. The molecule has 13 heavy (non-hydrogen) atoms. The molecule has 0 unspecified atom stereocenters. The van der Waals surface area contributed by atoms with Crippen LogP contribution in [0.25, 0.3) is 0 Å². The molecule has 0 N–H and O–H groups in total. The van der Waals surface area contributed by atoms with Gasteiger partial charge >= 0.3 is 0 Å². The minimum Gasteiger partial charge on any atom is -0.315 e. The second-order valence-corrected chi connectivity index (χ2v) is 3.37. The summed E-state index contributed by atoms with van der Waals surface area (Å²) in [4.78, 5) is 12.8. The van der Waals surface area contributed by atoms with Gasteiger partial charge in [0.1, 0.15) is 0 Å². The summed E-state index contributed by atoms with van der Waals surface area (Å²) < 4.78 is 0. The Morgan fingerprint density at radius 2 is 1.92 bits per heavy atom. The van der Waals surface area contributed by atoms with Crippen LogP contribution in [0, 0.1) is 13.8 Å². The van der Waals surface area contributed by atoms with Crippen LogP contribution in [-0.2, 0) is 4.79 Å². The monoisotopic (exact) mass is 177 g/mol. The zero-order chi connectivity index (χ0) is 10.0. The second-order valence-electron chi connectivity index (χ2n) is 3.37. The first kappa shape index (κ1) is 9.78. The van der Waals surface area contributed by atoms with Gasteiger partial charge < -0.3 is 4.90 Å². The minimum atomic E-state index is 0.0620. The van der Waals surface area contributed by atoms with Gasteiger partial charge in [0.15, 0.2) is 0 Å². The smallest absolute Gasteiger partial charge is 0.223 e. The van der Waals surface area contributed by atoms with Gasteiger partial charge in [-0.15, -0.1) is 0 Å². The maximum Gasteiger partial charge on any atom is 0.223 e. The molecule has 0 fully saturated rings. The van der Waals surface area contributed by atoms with Crippen LogP contribution in [0.2, 0.25) is 0 Å². The van der Waals surface area contributed by atoms with E-state index in [0.29, 0.717) is 0 Å². The first-order valence-corrected chi connectivity index (χ1v) is 4.34. The van der Waals surface area contributed by atoms with E-state index < -0.39 is 0 Å². The first-order chi connectivity index (χ1) is 6.02. The van der Waals surface area contributed by atoms with Crippen LogP contribution in [0.4, 0.5) is 5.69 Å². The summed E-state index contributed by atoms with van der Waals surface area (Å²) in [6.45, 7) is 5.63. The second kappa shape index (κ2) is 3.60. The van der Waals surface area contributed by atoms with Gasteiger partial charge in [-0.2, -0.15) is 0 Å². The van der Waals surface area contributed by atoms with Gasteiger partial charge in [0.05, 0.1) is 0 Å². The predicted molar refractivity (Wildman–Crippen MR) is 55.0 cm³/mol. The van der Waals surface area contributed by atoms with Crippen molar-refractivity contribution in [3.63, 3.8) is 0 Å². The highest BCUT2D eigenvalue weighted by Crippen LogP contribution is 2.19. The van der Waals surface area contributed by atoms with E-state index in [1.54, 1.807) is 18.9 Å². The van der Waals surface area contributed by atoms with E-state index in [1.165, 1.54) is 5.56 Å². The number of carbonyl (C=O) groups is 1. The fraction of sp³-hybridized carbons (Fsp3) is 0.364. The summed E-state index contributed by atoms with van der Waals surface area (Å²) in [5.74, 6) is 0.0620. The number of anilines is 1. The molecule has 2 heteroatoms. The Morgan fingerprint density at radius 3 is 2.38 bits per heavy atom. The molecule has 1 aromatic rings. The third-order valence-electron chi connectivity index (χ3n) is 2.19. The fourth-order valence-corrected chi connectivity index (χ4v) is 1.35. The molecule has 70 valence electrons. The molecule has 0 aliphatic heterocycles. The molecule has 0 aliphatic carbocycles. The number of hydrogen-bond donors (Lipinski definition) is 0. The molecule has 0 bridgehead atoms. The molecule has 0 heterocycles. The summed E-state index contributed by atoms with van der Waals surface area (Å²) in [7, 11) is 1.79. The lowest BCUT2D eigenvalue weighted by atomic mass is 10.1. The van der Waals surface area contributed by atoms with E-state index in [0.717, 1.165) is 11.3 Å². The topological polar surface area (TPSA) is 20.3 Å². The number of nitrogens with zero attached hydrogens (tertiary/aromatic N) is 1. The van der Waals surface area contributed by atoms with Crippen molar-refractivity contribution in [1.82, 2.24) is 0 Å². The largest absolute Gasteiger partial charge is 0.315 e.